The van der Waals surface area contributed by atoms with Crippen LogP contribution in [0, 0.1) is 13.8 Å². The van der Waals surface area contributed by atoms with E-state index in [4.69, 9.17) is 4.98 Å². The number of likely N-dealkylation sites (tertiary alicyclic amines) is 1. The van der Waals surface area contributed by atoms with Crippen LogP contribution in [0.1, 0.15) is 41.3 Å². The quantitative estimate of drug-likeness (QED) is 0.706. The van der Waals surface area contributed by atoms with Crippen molar-refractivity contribution in [3.63, 3.8) is 0 Å². The molecule has 0 unspecified atom stereocenters. The van der Waals surface area contributed by atoms with Gasteiger partial charge in [-0.1, -0.05) is 11.6 Å². The zero-order valence-electron chi connectivity index (χ0n) is 15.8. The molecule has 0 bridgehead atoms. The van der Waals surface area contributed by atoms with Gasteiger partial charge in [-0.15, -0.1) is 0 Å². The highest BCUT2D eigenvalue weighted by molar-refractivity contribution is 6.08. The van der Waals surface area contributed by atoms with Crippen molar-refractivity contribution in [2.45, 2.75) is 39.7 Å². The molecule has 1 aromatic carbocycles. The molecule has 1 atom stereocenters. The third-order valence-corrected chi connectivity index (χ3v) is 5.29. The number of benzene rings is 1. The van der Waals surface area contributed by atoms with E-state index in [1.165, 1.54) is 0 Å². The van der Waals surface area contributed by atoms with E-state index in [-0.39, 0.29) is 5.91 Å². The van der Waals surface area contributed by atoms with E-state index in [1.807, 2.05) is 24.2 Å². The first-order chi connectivity index (χ1) is 12.4. The molecule has 5 heteroatoms. The lowest BCUT2D eigenvalue weighted by molar-refractivity contribution is 0.0749. The van der Waals surface area contributed by atoms with Crippen molar-refractivity contribution in [1.82, 2.24) is 19.7 Å². The van der Waals surface area contributed by atoms with Gasteiger partial charge in [-0.05, 0) is 51.3 Å². The summed E-state index contributed by atoms with van der Waals surface area (Å²) in [7, 11) is 1.89. The maximum absolute atomic E-state index is 13.4. The average molecular weight is 348 g/mol. The molecule has 0 spiro atoms. The second-order valence-electron chi connectivity index (χ2n) is 7.43. The molecule has 3 aromatic rings. The van der Waals surface area contributed by atoms with Crippen LogP contribution in [-0.2, 0) is 7.05 Å². The maximum Gasteiger partial charge on any atom is 0.254 e. The minimum absolute atomic E-state index is 0.109. The summed E-state index contributed by atoms with van der Waals surface area (Å²) in [6, 6.07) is 6.43. The van der Waals surface area contributed by atoms with Crippen molar-refractivity contribution in [3.05, 3.63) is 47.3 Å². The summed E-state index contributed by atoms with van der Waals surface area (Å²) in [4.78, 5) is 20.2. The smallest absolute Gasteiger partial charge is 0.254 e. The Balaban J connectivity index is 1.95. The molecule has 2 aromatic heterocycles. The lowest BCUT2D eigenvalue weighted by Gasteiger charge is -2.23. The summed E-state index contributed by atoms with van der Waals surface area (Å²) in [5, 5.41) is 5.20. The molecule has 3 heterocycles. The Bertz CT molecular complexity index is 1000. The number of fused-ring (bicyclic) bond motifs is 1. The van der Waals surface area contributed by atoms with E-state index in [1.54, 1.807) is 10.9 Å². The van der Waals surface area contributed by atoms with E-state index >= 15 is 0 Å². The summed E-state index contributed by atoms with van der Waals surface area (Å²) in [6.07, 6.45) is 5.88. The molecule has 4 rings (SSSR count). The second-order valence-corrected chi connectivity index (χ2v) is 7.43. The molecule has 5 nitrogen and oxygen atoms in total. The molecule has 0 aliphatic carbocycles. The van der Waals surface area contributed by atoms with Gasteiger partial charge in [0.25, 0.3) is 5.91 Å². The summed E-state index contributed by atoms with van der Waals surface area (Å²) < 4.78 is 1.76. The van der Waals surface area contributed by atoms with Crippen LogP contribution in [0.25, 0.3) is 22.2 Å². The van der Waals surface area contributed by atoms with E-state index in [0.29, 0.717) is 6.04 Å². The molecule has 0 saturated carbocycles. The SMILES string of the molecule is Cc1cc(C)c2nc(-c3cnn(C)c3)cc(C(=O)N3CCC[C@H]3C)c2c1. The first-order valence-electron chi connectivity index (χ1n) is 9.16. The van der Waals surface area contributed by atoms with Crippen LogP contribution >= 0.6 is 0 Å². The topological polar surface area (TPSA) is 51.0 Å². The molecule has 0 N–H and O–H groups in total. The lowest BCUT2D eigenvalue weighted by atomic mass is 9.99. The summed E-state index contributed by atoms with van der Waals surface area (Å²) in [5.41, 5.74) is 5.61. The minimum atomic E-state index is 0.109. The van der Waals surface area contributed by atoms with Gasteiger partial charge in [0.05, 0.1) is 23.0 Å². The summed E-state index contributed by atoms with van der Waals surface area (Å²) >= 11 is 0. The Hall–Kier alpha value is -2.69. The largest absolute Gasteiger partial charge is 0.336 e. The van der Waals surface area contributed by atoms with Crippen LogP contribution in [0.15, 0.2) is 30.6 Å². The predicted octanol–water partition coefficient (Wildman–Crippen LogP) is 3.88. The summed E-state index contributed by atoms with van der Waals surface area (Å²) in [6.45, 7) is 7.08. The Morgan fingerprint density at radius 3 is 2.69 bits per heavy atom. The fourth-order valence-corrected chi connectivity index (χ4v) is 3.95. The highest BCUT2D eigenvalue weighted by Crippen LogP contribution is 2.30. The number of rotatable bonds is 2. The second kappa shape index (κ2) is 6.24. The molecule has 1 fully saturated rings. The van der Waals surface area contributed by atoms with Gasteiger partial charge in [0.2, 0.25) is 0 Å². The number of aromatic nitrogens is 3. The van der Waals surface area contributed by atoms with Crippen molar-refractivity contribution in [1.29, 1.82) is 0 Å². The van der Waals surface area contributed by atoms with Crippen molar-refractivity contribution >= 4 is 16.8 Å². The fourth-order valence-electron chi connectivity index (χ4n) is 3.95. The van der Waals surface area contributed by atoms with Gasteiger partial charge in [0, 0.05) is 36.8 Å². The third kappa shape index (κ3) is 2.77. The third-order valence-electron chi connectivity index (χ3n) is 5.29. The number of nitrogens with zero attached hydrogens (tertiary/aromatic N) is 4. The van der Waals surface area contributed by atoms with Gasteiger partial charge in [0.15, 0.2) is 0 Å². The van der Waals surface area contributed by atoms with Gasteiger partial charge >= 0.3 is 0 Å². The van der Waals surface area contributed by atoms with Crippen molar-refractivity contribution in [3.8, 4) is 11.3 Å². The fraction of sp³-hybridized carbons (Fsp3) is 0.381. The molecule has 1 amide bonds. The Kier molecular flexibility index (Phi) is 4.02. The molecule has 1 aliphatic rings. The van der Waals surface area contributed by atoms with Gasteiger partial charge < -0.3 is 4.90 Å². The van der Waals surface area contributed by atoms with E-state index < -0.39 is 0 Å². The molecule has 134 valence electrons. The van der Waals surface area contributed by atoms with E-state index in [9.17, 15) is 4.79 Å². The number of carbonyl (C=O) groups is 1. The standard InChI is InChI=1S/C21H24N4O/c1-13-8-14(2)20-17(9-13)18(21(26)25-7-5-6-15(25)3)10-19(23-20)16-11-22-24(4)12-16/h8-12,15H,5-7H2,1-4H3/t15-/m1/s1. The zero-order valence-corrected chi connectivity index (χ0v) is 15.8. The Morgan fingerprint density at radius 1 is 1.23 bits per heavy atom. The van der Waals surface area contributed by atoms with Gasteiger partial charge in [-0.2, -0.15) is 5.10 Å². The van der Waals surface area contributed by atoms with Crippen LogP contribution in [0.5, 0.6) is 0 Å². The van der Waals surface area contributed by atoms with Gasteiger partial charge in [-0.3, -0.25) is 9.48 Å². The molecule has 26 heavy (non-hydrogen) atoms. The van der Waals surface area contributed by atoms with Crippen LogP contribution < -0.4 is 0 Å². The van der Waals surface area contributed by atoms with Crippen LogP contribution in [0.2, 0.25) is 0 Å². The Morgan fingerprint density at radius 2 is 2.04 bits per heavy atom. The van der Waals surface area contributed by atoms with E-state index in [0.717, 1.165) is 58.2 Å². The monoisotopic (exact) mass is 348 g/mol. The maximum atomic E-state index is 13.4. The Labute approximate surface area is 153 Å². The number of amides is 1. The molecule has 1 saturated heterocycles. The van der Waals surface area contributed by atoms with Gasteiger partial charge in [-0.25, -0.2) is 4.98 Å². The number of pyridine rings is 1. The molecule has 1 aliphatic heterocycles. The number of carbonyl (C=O) groups excluding carboxylic acids is 1. The predicted molar refractivity (Wildman–Crippen MR) is 103 cm³/mol. The first-order valence-corrected chi connectivity index (χ1v) is 9.16. The summed E-state index contributed by atoms with van der Waals surface area (Å²) in [5.74, 6) is 0.109. The molecular weight excluding hydrogens is 324 g/mol. The highest BCUT2D eigenvalue weighted by Gasteiger charge is 2.28. The zero-order chi connectivity index (χ0) is 18.4. The lowest BCUT2D eigenvalue weighted by Crippen LogP contribution is -2.33. The highest BCUT2D eigenvalue weighted by atomic mass is 16.2. The van der Waals surface area contributed by atoms with Crippen molar-refractivity contribution in [2.75, 3.05) is 6.54 Å². The van der Waals surface area contributed by atoms with Crippen LogP contribution in [-0.4, -0.2) is 38.2 Å². The van der Waals surface area contributed by atoms with Crippen LogP contribution in [0.3, 0.4) is 0 Å². The first kappa shape index (κ1) is 16.8. The number of hydrogen-bond acceptors (Lipinski definition) is 3. The van der Waals surface area contributed by atoms with Crippen molar-refractivity contribution in [2.24, 2.45) is 7.05 Å². The van der Waals surface area contributed by atoms with Crippen molar-refractivity contribution < 1.29 is 4.79 Å². The number of aryl methyl sites for hydroxylation is 3. The number of hydrogen-bond donors (Lipinski definition) is 0. The average Bonchev–Trinajstić information content (AvgIpc) is 3.22. The minimum Gasteiger partial charge on any atom is -0.336 e. The molecular formula is C21H24N4O. The van der Waals surface area contributed by atoms with Crippen LogP contribution in [0.4, 0.5) is 0 Å². The van der Waals surface area contributed by atoms with E-state index in [2.05, 4.69) is 38.0 Å². The van der Waals surface area contributed by atoms with Gasteiger partial charge in [0.1, 0.15) is 0 Å². The molecule has 0 radical (unpaired) electrons. The normalized spacial score (nSPS) is 17.2.